The van der Waals surface area contributed by atoms with E-state index < -0.39 is 0 Å². The molecule has 0 radical (unpaired) electrons. The number of aldehydes is 1. The first-order chi connectivity index (χ1) is 14.3. The molecule has 4 aromatic rings. The molecule has 2 heterocycles. The van der Waals surface area contributed by atoms with Gasteiger partial charge in [-0.2, -0.15) is 0 Å². The molecule has 2 aromatic heterocycles. The first-order valence-corrected chi connectivity index (χ1v) is 10.0. The predicted molar refractivity (Wildman–Crippen MR) is 113 cm³/mol. The van der Waals surface area contributed by atoms with E-state index in [4.69, 9.17) is 4.42 Å². The first-order valence-electron chi connectivity index (χ1n) is 10.0. The fourth-order valence-corrected chi connectivity index (χ4v) is 3.69. The van der Waals surface area contributed by atoms with Crippen LogP contribution in [-0.4, -0.2) is 21.5 Å². The minimum atomic E-state index is 0.348. The smallest absolute Gasteiger partial charge is 0.248 e. The first kappa shape index (κ1) is 19.0. The van der Waals surface area contributed by atoms with E-state index in [1.807, 2.05) is 24.3 Å². The second kappa shape index (κ2) is 8.78. The number of rotatable bonds is 8. The summed E-state index contributed by atoms with van der Waals surface area (Å²) < 4.78 is 6.04. The molecular formula is C24H23N3O2. The van der Waals surface area contributed by atoms with Crippen molar-refractivity contribution in [1.29, 1.82) is 0 Å². The van der Waals surface area contributed by atoms with Crippen LogP contribution in [0.15, 0.2) is 65.2 Å². The minimum absolute atomic E-state index is 0.348. The van der Waals surface area contributed by atoms with Gasteiger partial charge in [0.1, 0.15) is 0 Å². The van der Waals surface area contributed by atoms with Crippen LogP contribution in [0.5, 0.6) is 0 Å². The van der Waals surface area contributed by atoms with E-state index in [1.165, 1.54) is 5.56 Å². The van der Waals surface area contributed by atoms with Gasteiger partial charge in [-0.15, -0.1) is 10.2 Å². The Kier molecular flexibility index (Phi) is 5.75. The molecule has 0 saturated heterocycles. The van der Waals surface area contributed by atoms with Gasteiger partial charge in [0.2, 0.25) is 11.8 Å². The van der Waals surface area contributed by atoms with E-state index in [1.54, 1.807) is 12.3 Å². The summed E-state index contributed by atoms with van der Waals surface area (Å²) in [6, 6.07) is 17.8. The second-order valence-corrected chi connectivity index (χ2v) is 7.17. The minimum Gasteiger partial charge on any atom is -0.421 e. The molecule has 0 N–H and O–H groups in total. The number of unbranched alkanes of at least 4 members (excludes halogenated alkanes) is 1. The number of hydrogen-bond donors (Lipinski definition) is 0. The van der Waals surface area contributed by atoms with E-state index >= 15 is 0 Å². The Labute approximate surface area is 169 Å². The quantitative estimate of drug-likeness (QED) is 0.369. The Bertz CT molecular complexity index is 1110. The van der Waals surface area contributed by atoms with Gasteiger partial charge in [-0.1, -0.05) is 56.2 Å². The summed E-state index contributed by atoms with van der Waals surface area (Å²) in [6.07, 6.45) is 6.59. The SMILES string of the molecule is CCCC[C@H](Cc1nnc(-c2ccc(C=O)c3ncccc23)o1)c1ccccc1. The summed E-state index contributed by atoms with van der Waals surface area (Å²) in [6.45, 7) is 2.20. The third-order valence-corrected chi connectivity index (χ3v) is 5.22. The molecule has 5 nitrogen and oxygen atoms in total. The van der Waals surface area contributed by atoms with Crippen LogP contribution in [0.2, 0.25) is 0 Å². The van der Waals surface area contributed by atoms with Crippen LogP contribution in [0.25, 0.3) is 22.4 Å². The topological polar surface area (TPSA) is 68.9 Å². The average molecular weight is 385 g/mol. The van der Waals surface area contributed by atoms with E-state index in [2.05, 4.69) is 46.4 Å². The van der Waals surface area contributed by atoms with Gasteiger partial charge in [-0.25, -0.2) is 0 Å². The predicted octanol–water partition coefficient (Wildman–Crippen LogP) is 5.61. The molecule has 5 heteroatoms. The maximum Gasteiger partial charge on any atom is 0.248 e. The van der Waals surface area contributed by atoms with Gasteiger partial charge >= 0.3 is 0 Å². The zero-order valence-corrected chi connectivity index (χ0v) is 16.4. The number of pyridine rings is 1. The van der Waals surface area contributed by atoms with Crippen molar-refractivity contribution in [2.45, 2.75) is 38.5 Å². The molecule has 0 aliphatic heterocycles. The number of benzene rings is 2. The van der Waals surface area contributed by atoms with E-state index in [0.29, 0.717) is 35.2 Å². The lowest BCUT2D eigenvalue weighted by molar-refractivity contribution is 0.112. The van der Waals surface area contributed by atoms with Crippen molar-refractivity contribution in [3.05, 3.63) is 77.8 Å². The Morgan fingerprint density at radius 1 is 1.03 bits per heavy atom. The molecular weight excluding hydrogens is 362 g/mol. The van der Waals surface area contributed by atoms with Crippen molar-refractivity contribution >= 4 is 17.2 Å². The van der Waals surface area contributed by atoms with E-state index in [0.717, 1.165) is 36.5 Å². The van der Waals surface area contributed by atoms with Crippen LogP contribution in [0, 0.1) is 0 Å². The van der Waals surface area contributed by atoms with Crippen molar-refractivity contribution in [2.24, 2.45) is 0 Å². The lowest BCUT2D eigenvalue weighted by atomic mass is 9.91. The van der Waals surface area contributed by atoms with E-state index in [-0.39, 0.29) is 0 Å². The van der Waals surface area contributed by atoms with Crippen molar-refractivity contribution in [3.63, 3.8) is 0 Å². The molecule has 0 saturated carbocycles. The average Bonchev–Trinajstić information content (AvgIpc) is 3.24. The zero-order chi connectivity index (χ0) is 20.1. The fraction of sp³-hybridized carbons (Fsp3) is 0.250. The van der Waals surface area contributed by atoms with Crippen LogP contribution in [0.1, 0.15) is 53.9 Å². The fourth-order valence-electron chi connectivity index (χ4n) is 3.69. The van der Waals surface area contributed by atoms with Crippen LogP contribution >= 0.6 is 0 Å². The highest BCUT2D eigenvalue weighted by Gasteiger charge is 2.18. The van der Waals surface area contributed by atoms with Crippen molar-refractivity contribution in [3.8, 4) is 11.5 Å². The maximum absolute atomic E-state index is 11.3. The number of carbonyl (C=O) groups is 1. The van der Waals surface area contributed by atoms with Crippen LogP contribution < -0.4 is 0 Å². The van der Waals surface area contributed by atoms with E-state index in [9.17, 15) is 4.79 Å². The van der Waals surface area contributed by atoms with Crippen LogP contribution in [0.3, 0.4) is 0 Å². The van der Waals surface area contributed by atoms with Gasteiger partial charge < -0.3 is 4.42 Å². The number of aromatic nitrogens is 3. The summed E-state index contributed by atoms with van der Waals surface area (Å²) in [4.78, 5) is 15.7. The van der Waals surface area contributed by atoms with Gasteiger partial charge in [0.25, 0.3) is 0 Å². The van der Waals surface area contributed by atoms with Gasteiger partial charge in [-0.05, 0) is 36.1 Å². The number of hydrogen-bond acceptors (Lipinski definition) is 5. The Hall–Kier alpha value is -3.34. The lowest BCUT2D eigenvalue weighted by Crippen LogP contribution is -2.03. The molecule has 0 amide bonds. The standard InChI is InChI=1S/C24H23N3O2/c1-2-3-8-18(17-9-5-4-6-10-17)15-22-26-27-24(29-22)21-13-12-19(16-28)23-20(21)11-7-14-25-23/h4-7,9-14,16,18H,2-3,8,15H2,1H3/t18-/m1/s1. The highest BCUT2D eigenvalue weighted by molar-refractivity contribution is 6.01. The third kappa shape index (κ3) is 4.09. The normalized spacial score (nSPS) is 12.2. The van der Waals surface area contributed by atoms with Crippen molar-refractivity contribution < 1.29 is 9.21 Å². The van der Waals surface area contributed by atoms with Crippen LogP contribution in [0.4, 0.5) is 0 Å². The Morgan fingerprint density at radius 3 is 2.69 bits per heavy atom. The molecule has 29 heavy (non-hydrogen) atoms. The Morgan fingerprint density at radius 2 is 1.90 bits per heavy atom. The Balaban J connectivity index is 1.64. The third-order valence-electron chi connectivity index (χ3n) is 5.22. The van der Waals surface area contributed by atoms with Gasteiger partial charge in [0, 0.05) is 29.1 Å². The molecule has 0 spiro atoms. The summed E-state index contributed by atoms with van der Waals surface area (Å²) in [7, 11) is 0. The van der Waals surface area contributed by atoms with Crippen molar-refractivity contribution in [1.82, 2.24) is 15.2 Å². The maximum atomic E-state index is 11.3. The molecule has 0 unspecified atom stereocenters. The van der Waals surface area contributed by atoms with Crippen molar-refractivity contribution in [2.75, 3.05) is 0 Å². The zero-order valence-electron chi connectivity index (χ0n) is 16.4. The van der Waals surface area contributed by atoms with Gasteiger partial charge in [-0.3, -0.25) is 9.78 Å². The lowest BCUT2D eigenvalue weighted by Gasteiger charge is -2.15. The molecule has 0 bridgehead atoms. The monoisotopic (exact) mass is 385 g/mol. The highest BCUT2D eigenvalue weighted by atomic mass is 16.4. The molecule has 0 aliphatic carbocycles. The highest BCUT2D eigenvalue weighted by Crippen LogP contribution is 2.30. The molecule has 0 fully saturated rings. The molecule has 4 rings (SSSR count). The van der Waals surface area contributed by atoms with Crippen LogP contribution in [-0.2, 0) is 6.42 Å². The van der Waals surface area contributed by atoms with Gasteiger partial charge in [0.05, 0.1) is 5.52 Å². The second-order valence-electron chi connectivity index (χ2n) is 7.17. The largest absolute Gasteiger partial charge is 0.421 e. The summed E-state index contributed by atoms with van der Waals surface area (Å²) in [5, 5.41) is 9.43. The summed E-state index contributed by atoms with van der Waals surface area (Å²) in [5.41, 5.74) is 3.28. The summed E-state index contributed by atoms with van der Waals surface area (Å²) >= 11 is 0. The molecule has 1 atom stereocenters. The molecule has 2 aromatic carbocycles. The van der Waals surface area contributed by atoms with Gasteiger partial charge in [0.15, 0.2) is 6.29 Å². The number of nitrogens with zero attached hydrogens (tertiary/aromatic N) is 3. The number of carbonyl (C=O) groups excluding carboxylic acids is 1. The molecule has 146 valence electrons. The summed E-state index contributed by atoms with van der Waals surface area (Å²) in [5.74, 6) is 1.43. The number of fused-ring (bicyclic) bond motifs is 1. The molecule has 0 aliphatic rings.